The van der Waals surface area contributed by atoms with Crippen LogP contribution in [0.4, 0.5) is 0 Å². The highest BCUT2D eigenvalue weighted by atomic mass is 35.5. The third-order valence-corrected chi connectivity index (χ3v) is 5.91. The second-order valence-corrected chi connectivity index (χ2v) is 7.90. The van der Waals surface area contributed by atoms with Crippen LogP contribution < -0.4 is 10.6 Å². The Kier molecular flexibility index (Phi) is 5.49. The maximum absolute atomic E-state index is 6.19. The van der Waals surface area contributed by atoms with Crippen LogP contribution in [0, 0.1) is 0 Å². The molecule has 0 radical (unpaired) electrons. The Morgan fingerprint density at radius 3 is 3.10 bits per heavy atom. The summed E-state index contributed by atoms with van der Waals surface area (Å²) in [5, 5.41) is 8.34. The quantitative estimate of drug-likeness (QED) is 0.859. The number of rotatable bonds is 4. The lowest BCUT2D eigenvalue weighted by atomic mass is 9.97. The molecule has 4 heteroatoms. The first-order chi connectivity index (χ1) is 10.2. The molecule has 2 aliphatic rings. The zero-order valence-electron chi connectivity index (χ0n) is 12.7. The van der Waals surface area contributed by atoms with E-state index in [1.54, 1.807) is 0 Å². The van der Waals surface area contributed by atoms with Crippen molar-refractivity contribution in [3.05, 3.63) is 28.8 Å². The number of nitrogens with one attached hydrogen (secondary N) is 2. The highest BCUT2D eigenvalue weighted by Crippen LogP contribution is 2.37. The fourth-order valence-electron chi connectivity index (χ4n) is 3.50. The van der Waals surface area contributed by atoms with Crippen molar-refractivity contribution in [1.29, 1.82) is 0 Å². The molecule has 3 unspecified atom stereocenters. The number of piperidine rings is 1. The maximum atomic E-state index is 6.19. The van der Waals surface area contributed by atoms with E-state index >= 15 is 0 Å². The molecule has 0 amide bonds. The molecule has 116 valence electrons. The third-order valence-electron chi connectivity index (χ3n) is 4.55. The van der Waals surface area contributed by atoms with Crippen molar-refractivity contribution in [2.45, 2.75) is 62.0 Å². The average molecular weight is 325 g/mol. The van der Waals surface area contributed by atoms with Crippen molar-refractivity contribution in [1.82, 2.24) is 10.6 Å². The molecule has 2 nitrogen and oxygen atoms in total. The zero-order chi connectivity index (χ0) is 14.7. The summed E-state index contributed by atoms with van der Waals surface area (Å²) >= 11 is 8.14. The van der Waals surface area contributed by atoms with E-state index in [-0.39, 0.29) is 0 Å². The van der Waals surface area contributed by atoms with Gasteiger partial charge >= 0.3 is 0 Å². The molecule has 2 heterocycles. The molecule has 0 aromatic heterocycles. The van der Waals surface area contributed by atoms with Gasteiger partial charge in [-0.25, -0.2) is 0 Å². The Bertz CT molecular complexity index is 474. The van der Waals surface area contributed by atoms with E-state index in [2.05, 4.69) is 29.7 Å². The largest absolute Gasteiger partial charge is 0.314 e. The number of hydrogen-bond acceptors (Lipinski definition) is 3. The van der Waals surface area contributed by atoms with Gasteiger partial charge in [0.25, 0.3) is 0 Å². The third kappa shape index (κ3) is 4.16. The van der Waals surface area contributed by atoms with Gasteiger partial charge in [0.1, 0.15) is 0 Å². The van der Waals surface area contributed by atoms with Crippen molar-refractivity contribution >= 4 is 23.4 Å². The minimum absolute atomic E-state index is 0.457. The summed E-state index contributed by atoms with van der Waals surface area (Å²) in [6, 6.07) is 8.01. The first-order valence-corrected chi connectivity index (χ1v) is 9.50. The Balaban J connectivity index is 1.61. The Morgan fingerprint density at radius 1 is 1.38 bits per heavy atom. The molecule has 0 bridgehead atoms. The van der Waals surface area contributed by atoms with E-state index in [1.807, 2.05) is 17.8 Å². The second kappa shape index (κ2) is 7.36. The van der Waals surface area contributed by atoms with Crippen LogP contribution in [0.3, 0.4) is 0 Å². The number of halogens is 1. The molecule has 1 aromatic rings. The van der Waals surface area contributed by atoms with Gasteiger partial charge < -0.3 is 10.6 Å². The topological polar surface area (TPSA) is 24.1 Å². The fraction of sp³-hybridized carbons (Fsp3) is 0.647. The summed E-state index contributed by atoms with van der Waals surface area (Å²) in [7, 11) is 0. The Morgan fingerprint density at radius 2 is 2.29 bits per heavy atom. The van der Waals surface area contributed by atoms with Crippen LogP contribution in [0.15, 0.2) is 23.1 Å². The van der Waals surface area contributed by atoms with Gasteiger partial charge in [0, 0.05) is 28.0 Å². The number of thioether (sulfide) groups is 1. The van der Waals surface area contributed by atoms with Crippen LogP contribution >= 0.6 is 23.4 Å². The van der Waals surface area contributed by atoms with Gasteiger partial charge in [-0.2, -0.15) is 0 Å². The number of benzene rings is 1. The van der Waals surface area contributed by atoms with Crippen molar-refractivity contribution in [2.75, 3.05) is 12.3 Å². The zero-order valence-corrected chi connectivity index (χ0v) is 14.3. The SMILES string of the molecule is CC(CC1CCCCN1)NC1CCSc2ccc(Cl)cc21. The summed E-state index contributed by atoms with van der Waals surface area (Å²) in [4.78, 5) is 1.39. The normalized spacial score (nSPS) is 27.1. The van der Waals surface area contributed by atoms with Gasteiger partial charge in [0.15, 0.2) is 0 Å². The first kappa shape index (κ1) is 15.7. The summed E-state index contributed by atoms with van der Waals surface area (Å²) < 4.78 is 0. The highest BCUT2D eigenvalue weighted by Gasteiger charge is 2.23. The molecule has 2 N–H and O–H groups in total. The molecular formula is C17H25ClN2S. The number of hydrogen-bond donors (Lipinski definition) is 2. The highest BCUT2D eigenvalue weighted by molar-refractivity contribution is 7.99. The molecular weight excluding hydrogens is 300 g/mol. The smallest absolute Gasteiger partial charge is 0.0410 e. The molecule has 0 saturated carbocycles. The van der Waals surface area contributed by atoms with Crippen molar-refractivity contribution in [2.24, 2.45) is 0 Å². The van der Waals surface area contributed by atoms with E-state index in [4.69, 9.17) is 11.6 Å². The first-order valence-electron chi connectivity index (χ1n) is 8.14. The van der Waals surface area contributed by atoms with Gasteiger partial charge in [-0.15, -0.1) is 11.8 Å². The average Bonchev–Trinajstić information content (AvgIpc) is 2.49. The predicted molar refractivity (Wildman–Crippen MR) is 92.4 cm³/mol. The molecule has 2 aliphatic heterocycles. The van der Waals surface area contributed by atoms with E-state index in [9.17, 15) is 0 Å². The molecule has 1 aromatic carbocycles. The molecule has 3 rings (SSSR count). The van der Waals surface area contributed by atoms with Crippen LogP contribution in [-0.4, -0.2) is 24.4 Å². The van der Waals surface area contributed by atoms with E-state index < -0.39 is 0 Å². The Labute approximate surface area is 137 Å². The molecule has 21 heavy (non-hydrogen) atoms. The van der Waals surface area contributed by atoms with Crippen LogP contribution in [0.25, 0.3) is 0 Å². The molecule has 0 spiro atoms. The van der Waals surface area contributed by atoms with E-state index in [0.717, 1.165) is 5.02 Å². The standard InChI is InChI=1S/C17H25ClN2S/c1-12(10-14-4-2-3-8-19-14)20-16-7-9-21-17-6-5-13(18)11-15(16)17/h5-6,11-12,14,16,19-20H,2-4,7-10H2,1H3. The summed E-state index contributed by atoms with van der Waals surface area (Å²) in [6.07, 6.45) is 6.46. The molecule has 1 fully saturated rings. The summed E-state index contributed by atoms with van der Waals surface area (Å²) in [5.74, 6) is 1.20. The minimum Gasteiger partial charge on any atom is -0.314 e. The fourth-order valence-corrected chi connectivity index (χ4v) is 4.79. The monoisotopic (exact) mass is 324 g/mol. The van der Waals surface area contributed by atoms with Crippen molar-refractivity contribution < 1.29 is 0 Å². The van der Waals surface area contributed by atoms with Crippen molar-refractivity contribution in [3.8, 4) is 0 Å². The molecule has 0 aliphatic carbocycles. The number of fused-ring (bicyclic) bond motifs is 1. The van der Waals surface area contributed by atoms with E-state index in [0.29, 0.717) is 18.1 Å². The van der Waals surface area contributed by atoms with Gasteiger partial charge in [0.05, 0.1) is 0 Å². The summed E-state index contributed by atoms with van der Waals surface area (Å²) in [6.45, 7) is 3.51. The van der Waals surface area contributed by atoms with Gasteiger partial charge in [-0.3, -0.25) is 0 Å². The van der Waals surface area contributed by atoms with Crippen molar-refractivity contribution in [3.63, 3.8) is 0 Å². The Hall–Kier alpha value is -0.220. The van der Waals surface area contributed by atoms with Crippen LogP contribution in [0.2, 0.25) is 5.02 Å². The van der Waals surface area contributed by atoms with E-state index in [1.165, 1.54) is 54.9 Å². The van der Waals surface area contributed by atoms with Crippen LogP contribution in [0.5, 0.6) is 0 Å². The lowest BCUT2D eigenvalue weighted by Gasteiger charge is -2.32. The molecule has 3 atom stereocenters. The predicted octanol–water partition coefficient (Wildman–Crippen LogP) is 4.39. The van der Waals surface area contributed by atoms with Crippen LogP contribution in [-0.2, 0) is 0 Å². The van der Waals surface area contributed by atoms with Gasteiger partial charge in [-0.1, -0.05) is 18.0 Å². The second-order valence-electron chi connectivity index (χ2n) is 6.32. The van der Waals surface area contributed by atoms with Crippen LogP contribution in [0.1, 0.15) is 50.6 Å². The lowest BCUT2D eigenvalue weighted by Crippen LogP contribution is -2.41. The maximum Gasteiger partial charge on any atom is 0.0410 e. The van der Waals surface area contributed by atoms with Gasteiger partial charge in [0.2, 0.25) is 0 Å². The lowest BCUT2D eigenvalue weighted by molar-refractivity contribution is 0.326. The minimum atomic E-state index is 0.457. The molecule has 1 saturated heterocycles. The van der Waals surface area contributed by atoms with Gasteiger partial charge in [-0.05, 0) is 68.7 Å². The summed E-state index contributed by atoms with van der Waals surface area (Å²) in [5.41, 5.74) is 1.39.